The first kappa shape index (κ1) is 15.8. The molecule has 0 aliphatic carbocycles. The van der Waals surface area contributed by atoms with E-state index in [0.717, 1.165) is 4.88 Å². The maximum atomic E-state index is 12.0. The third kappa shape index (κ3) is 4.46. The second-order valence-corrected chi connectivity index (χ2v) is 5.41. The number of hydrogen-bond donors (Lipinski definition) is 2. The first-order valence-corrected chi connectivity index (χ1v) is 7.44. The van der Waals surface area contributed by atoms with Crippen molar-refractivity contribution in [2.75, 3.05) is 17.7 Å². The second kappa shape index (κ2) is 7.42. The number of benzene rings is 1. The van der Waals surface area contributed by atoms with Crippen molar-refractivity contribution in [3.05, 3.63) is 46.7 Å². The third-order valence-corrected chi connectivity index (χ3v) is 3.56. The van der Waals surface area contributed by atoms with Crippen LogP contribution < -0.4 is 15.4 Å². The van der Waals surface area contributed by atoms with Gasteiger partial charge in [-0.25, -0.2) is 0 Å². The third-order valence-electron chi connectivity index (χ3n) is 2.72. The normalized spacial score (nSPS) is 10.5. The van der Waals surface area contributed by atoms with Gasteiger partial charge in [0.25, 0.3) is 0 Å². The van der Waals surface area contributed by atoms with E-state index in [1.165, 1.54) is 20.1 Å². The highest BCUT2D eigenvalue weighted by atomic mass is 32.1. The zero-order chi connectivity index (χ0) is 15.9. The van der Waals surface area contributed by atoms with Crippen LogP contribution in [0.5, 0.6) is 5.75 Å². The van der Waals surface area contributed by atoms with Crippen LogP contribution >= 0.6 is 11.3 Å². The lowest BCUT2D eigenvalue weighted by atomic mass is 10.2. The van der Waals surface area contributed by atoms with E-state index in [1.54, 1.807) is 35.6 Å². The van der Waals surface area contributed by atoms with E-state index in [0.29, 0.717) is 17.1 Å². The van der Waals surface area contributed by atoms with E-state index in [1.807, 2.05) is 17.5 Å². The van der Waals surface area contributed by atoms with Gasteiger partial charge in [0.2, 0.25) is 11.8 Å². The van der Waals surface area contributed by atoms with Crippen molar-refractivity contribution in [2.24, 2.45) is 0 Å². The fraction of sp³-hybridized carbons (Fsp3) is 0.125. The SMILES string of the molecule is COc1ccc(NC(C)=O)cc1NC(=O)C=Cc1cccs1. The molecule has 2 aromatic rings. The van der Waals surface area contributed by atoms with Gasteiger partial charge in [0.1, 0.15) is 5.75 Å². The molecule has 5 nitrogen and oxygen atoms in total. The van der Waals surface area contributed by atoms with E-state index in [2.05, 4.69) is 10.6 Å². The molecule has 0 aliphatic rings. The van der Waals surface area contributed by atoms with Crippen LogP contribution in [0, 0.1) is 0 Å². The molecule has 2 rings (SSSR count). The van der Waals surface area contributed by atoms with Gasteiger partial charge in [-0.1, -0.05) is 6.07 Å². The fourth-order valence-corrected chi connectivity index (χ4v) is 2.42. The van der Waals surface area contributed by atoms with Gasteiger partial charge in [0.15, 0.2) is 0 Å². The largest absolute Gasteiger partial charge is 0.495 e. The van der Waals surface area contributed by atoms with Gasteiger partial charge in [-0.3, -0.25) is 9.59 Å². The van der Waals surface area contributed by atoms with Gasteiger partial charge in [0.05, 0.1) is 12.8 Å². The minimum Gasteiger partial charge on any atom is -0.495 e. The van der Waals surface area contributed by atoms with Gasteiger partial charge < -0.3 is 15.4 Å². The lowest BCUT2D eigenvalue weighted by Gasteiger charge is -2.11. The van der Waals surface area contributed by atoms with Gasteiger partial charge in [-0.05, 0) is 35.7 Å². The van der Waals surface area contributed by atoms with E-state index < -0.39 is 0 Å². The number of rotatable bonds is 5. The van der Waals surface area contributed by atoms with Crippen molar-refractivity contribution in [1.82, 2.24) is 0 Å². The molecular weight excluding hydrogens is 300 g/mol. The maximum Gasteiger partial charge on any atom is 0.248 e. The predicted molar refractivity (Wildman–Crippen MR) is 89.3 cm³/mol. The zero-order valence-electron chi connectivity index (χ0n) is 12.3. The number of anilines is 2. The molecule has 0 spiro atoms. The van der Waals surface area contributed by atoms with Crippen LogP contribution in [0.3, 0.4) is 0 Å². The highest BCUT2D eigenvalue weighted by Gasteiger charge is 2.07. The topological polar surface area (TPSA) is 67.4 Å². The van der Waals surface area contributed by atoms with E-state index in [9.17, 15) is 9.59 Å². The summed E-state index contributed by atoms with van der Waals surface area (Å²) in [7, 11) is 1.52. The molecule has 6 heteroatoms. The number of carbonyl (C=O) groups excluding carboxylic acids is 2. The average Bonchev–Trinajstić information content (AvgIpc) is 2.98. The molecule has 0 aliphatic heterocycles. The molecule has 0 radical (unpaired) electrons. The van der Waals surface area contributed by atoms with Crippen LogP contribution in [0.4, 0.5) is 11.4 Å². The van der Waals surface area contributed by atoms with Crippen LogP contribution in [0.25, 0.3) is 6.08 Å². The fourth-order valence-electron chi connectivity index (χ4n) is 1.80. The molecular formula is C16H16N2O3S. The van der Waals surface area contributed by atoms with Crippen LogP contribution in [0.2, 0.25) is 0 Å². The summed E-state index contributed by atoms with van der Waals surface area (Å²) in [5.74, 6) is 0.0682. The molecule has 0 bridgehead atoms. The number of thiophene rings is 1. The standard InChI is InChI=1S/C16H16N2O3S/c1-11(19)17-12-5-7-15(21-2)14(10-12)18-16(20)8-6-13-4-3-9-22-13/h3-10H,1-2H3,(H,17,19)(H,18,20). The van der Waals surface area contributed by atoms with E-state index in [4.69, 9.17) is 4.74 Å². The molecule has 0 saturated carbocycles. The summed E-state index contributed by atoms with van der Waals surface area (Å²) in [4.78, 5) is 24.1. The molecule has 0 unspecified atom stereocenters. The Morgan fingerprint density at radius 3 is 2.68 bits per heavy atom. The van der Waals surface area contributed by atoms with Gasteiger partial charge in [0, 0.05) is 23.6 Å². The van der Waals surface area contributed by atoms with Crippen molar-refractivity contribution >= 4 is 40.6 Å². The summed E-state index contributed by atoms with van der Waals surface area (Å²) in [6.45, 7) is 1.42. The molecule has 1 aromatic heterocycles. The number of nitrogens with one attached hydrogen (secondary N) is 2. The van der Waals surface area contributed by atoms with Crippen LogP contribution in [-0.4, -0.2) is 18.9 Å². The molecule has 0 saturated heterocycles. The van der Waals surface area contributed by atoms with Crippen LogP contribution in [0.15, 0.2) is 41.8 Å². The summed E-state index contributed by atoms with van der Waals surface area (Å²) in [6.07, 6.45) is 3.19. The van der Waals surface area contributed by atoms with Crippen LogP contribution in [-0.2, 0) is 9.59 Å². The molecule has 0 atom stereocenters. The summed E-state index contributed by atoms with van der Waals surface area (Å²) in [5, 5.41) is 7.34. The van der Waals surface area contributed by atoms with Gasteiger partial charge >= 0.3 is 0 Å². The maximum absolute atomic E-state index is 12.0. The number of methoxy groups -OCH3 is 1. The monoisotopic (exact) mass is 316 g/mol. The Kier molecular flexibility index (Phi) is 5.32. The minimum absolute atomic E-state index is 0.181. The Morgan fingerprint density at radius 2 is 2.05 bits per heavy atom. The number of hydrogen-bond acceptors (Lipinski definition) is 4. The van der Waals surface area contributed by atoms with Crippen molar-refractivity contribution in [2.45, 2.75) is 6.92 Å². The summed E-state index contributed by atoms with van der Waals surface area (Å²) < 4.78 is 5.21. The van der Waals surface area contributed by atoms with Crippen molar-refractivity contribution in [3.63, 3.8) is 0 Å². The molecule has 114 valence electrons. The lowest BCUT2D eigenvalue weighted by Crippen LogP contribution is -2.10. The predicted octanol–water partition coefficient (Wildman–Crippen LogP) is 3.37. The first-order valence-electron chi connectivity index (χ1n) is 6.56. The van der Waals surface area contributed by atoms with E-state index >= 15 is 0 Å². The average molecular weight is 316 g/mol. The Bertz CT molecular complexity index is 693. The highest BCUT2D eigenvalue weighted by Crippen LogP contribution is 2.28. The Hall–Kier alpha value is -2.60. The number of ether oxygens (including phenoxy) is 1. The summed E-state index contributed by atoms with van der Waals surface area (Å²) in [6, 6.07) is 8.88. The molecule has 22 heavy (non-hydrogen) atoms. The van der Waals surface area contributed by atoms with Crippen LogP contribution in [0.1, 0.15) is 11.8 Å². The molecule has 2 N–H and O–H groups in total. The molecule has 1 aromatic carbocycles. The van der Waals surface area contributed by atoms with Crippen molar-refractivity contribution in [1.29, 1.82) is 0 Å². The van der Waals surface area contributed by atoms with Gasteiger partial charge in [-0.2, -0.15) is 0 Å². The zero-order valence-corrected chi connectivity index (χ0v) is 13.1. The molecule has 2 amide bonds. The van der Waals surface area contributed by atoms with Crippen molar-refractivity contribution < 1.29 is 14.3 Å². The summed E-state index contributed by atoms with van der Waals surface area (Å²) in [5.41, 5.74) is 1.08. The number of carbonyl (C=O) groups is 2. The summed E-state index contributed by atoms with van der Waals surface area (Å²) >= 11 is 1.55. The second-order valence-electron chi connectivity index (χ2n) is 4.43. The van der Waals surface area contributed by atoms with E-state index in [-0.39, 0.29) is 11.8 Å². The van der Waals surface area contributed by atoms with Crippen molar-refractivity contribution in [3.8, 4) is 5.75 Å². The number of amides is 2. The quantitative estimate of drug-likeness (QED) is 0.831. The Labute approximate surface area is 132 Å². The minimum atomic E-state index is -0.272. The van der Waals surface area contributed by atoms with Gasteiger partial charge in [-0.15, -0.1) is 11.3 Å². The highest BCUT2D eigenvalue weighted by molar-refractivity contribution is 7.10. The Balaban J connectivity index is 2.12. The lowest BCUT2D eigenvalue weighted by molar-refractivity contribution is -0.114. The Morgan fingerprint density at radius 1 is 1.23 bits per heavy atom. The first-order chi connectivity index (χ1) is 10.6. The smallest absolute Gasteiger partial charge is 0.248 e. The molecule has 1 heterocycles. The molecule has 0 fully saturated rings.